The molecular weight excluding hydrogens is 613 g/mol. The number of hydrogen-bond acceptors (Lipinski definition) is 9. The average molecular weight is 680 g/mol. The van der Waals surface area contributed by atoms with E-state index in [0.29, 0.717) is 12.8 Å². The summed E-state index contributed by atoms with van der Waals surface area (Å²) in [5, 5.41) is 8.77. The van der Waals surface area contributed by atoms with Gasteiger partial charge >= 0.3 is 25.7 Å². The molecule has 11 nitrogen and oxygen atoms in total. The van der Waals surface area contributed by atoms with E-state index in [1.165, 1.54) is 109 Å². The van der Waals surface area contributed by atoms with E-state index in [9.17, 15) is 23.8 Å². The van der Waals surface area contributed by atoms with Gasteiger partial charge in [0.05, 0.1) is 13.2 Å². The number of phosphoric ester groups is 1. The molecule has 0 rings (SSSR count). The number of ether oxygens (including phenoxy) is 2. The van der Waals surface area contributed by atoms with Gasteiger partial charge in [0.25, 0.3) is 0 Å². The van der Waals surface area contributed by atoms with Crippen molar-refractivity contribution in [2.45, 2.75) is 180 Å². The molecule has 0 heterocycles. The fraction of sp³-hybridized carbons (Fsp3) is 0.912. The Labute approximate surface area is 278 Å². The molecule has 0 aromatic heterocycles. The number of carboxylic acid groups (broad SMARTS) is 1. The summed E-state index contributed by atoms with van der Waals surface area (Å²) >= 11 is 0. The number of carbonyl (C=O) groups is 3. The number of unbranched alkanes of at least 4 members (excludes halogenated alkanes) is 20. The molecule has 12 heteroatoms. The zero-order chi connectivity index (χ0) is 34.3. The molecule has 46 heavy (non-hydrogen) atoms. The van der Waals surface area contributed by atoms with Crippen LogP contribution in [0, 0.1) is 0 Å². The molecule has 0 bridgehead atoms. The molecule has 0 aromatic carbocycles. The lowest BCUT2D eigenvalue weighted by molar-refractivity contribution is -0.161. The van der Waals surface area contributed by atoms with Gasteiger partial charge in [-0.3, -0.25) is 23.4 Å². The summed E-state index contributed by atoms with van der Waals surface area (Å²) in [6.07, 6.45) is 26.6. The first-order chi connectivity index (χ1) is 22.1. The Hall–Kier alpha value is -1.52. The van der Waals surface area contributed by atoms with Crippen molar-refractivity contribution in [3.05, 3.63) is 0 Å². The largest absolute Gasteiger partial charge is 0.480 e. The van der Waals surface area contributed by atoms with Gasteiger partial charge in [-0.15, -0.1) is 0 Å². The van der Waals surface area contributed by atoms with Crippen LogP contribution in [0.5, 0.6) is 0 Å². The van der Waals surface area contributed by atoms with Gasteiger partial charge in [-0.1, -0.05) is 142 Å². The standard InChI is InChI=1S/C34H66NO10P/c1-3-5-6-7-8-9-10-11-12-13-14-15-16-17-18-19-20-21-22-23-24-26-33(37)45-30(27-42-32(36)25-4-2)28-43-46(40,41)44-29-31(35)34(38)39/h30-31H,3-29,35H2,1-2H3,(H,38,39)(H,40,41). The van der Waals surface area contributed by atoms with Crippen LogP contribution in [-0.2, 0) is 37.5 Å². The van der Waals surface area contributed by atoms with Gasteiger partial charge in [0, 0.05) is 12.8 Å². The van der Waals surface area contributed by atoms with Crippen LogP contribution >= 0.6 is 7.82 Å². The first-order valence-corrected chi connectivity index (χ1v) is 19.6. The second-order valence-corrected chi connectivity index (χ2v) is 13.8. The minimum atomic E-state index is -4.68. The number of nitrogens with two attached hydrogens (primary N) is 1. The van der Waals surface area contributed by atoms with Crippen molar-refractivity contribution >= 4 is 25.7 Å². The monoisotopic (exact) mass is 679 g/mol. The number of carboxylic acids is 1. The molecule has 0 aliphatic rings. The number of aliphatic carboxylic acids is 1. The summed E-state index contributed by atoms with van der Waals surface area (Å²) < 4.78 is 31.9. The van der Waals surface area contributed by atoms with Crippen LogP contribution in [0.4, 0.5) is 0 Å². The maximum Gasteiger partial charge on any atom is 0.472 e. The van der Waals surface area contributed by atoms with Crippen LogP contribution in [0.3, 0.4) is 0 Å². The zero-order valence-corrected chi connectivity index (χ0v) is 29.8. The summed E-state index contributed by atoms with van der Waals surface area (Å²) in [6.45, 7) is 2.39. The van der Waals surface area contributed by atoms with Gasteiger partial charge in [0.15, 0.2) is 6.10 Å². The molecule has 0 aliphatic heterocycles. The van der Waals surface area contributed by atoms with E-state index >= 15 is 0 Å². The lowest BCUT2D eigenvalue weighted by atomic mass is 10.0. The van der Waals surface area contributed by atoms with Crippen LogP contribution in [0.1, 0.15) is 168 Å². The van der Waals surface area contributed by atoms with Crippen LogP contribution in [0.25, 0.3) is 0 Å². The first kappa shape index (κ1) is 44.5. The molecule has 0 saturated heterocycles. The van der Waals surface area contributed by atoms with E-state index in [1.807, 2.05) is 6.92 Å². The highest BCUT2D eigenvalue weighted by molar-refractivity contribution is 7.47. The number of carbonyl (C=O) groups excluding carboxylic acids is 2. The van der Waals surface area contributed by atoms with E-state index in [2.05, 4.69) is 11.4 Å². The Balaban J connectivity index is 3.93. The summed E-state index contributed by atoms with van der Waals surface area (Å²) in [5.41, 5.74) is 5.26. The van der Waals surface area contributed by atoms with Gasteiger partial charge in [-0.2, -0.15) is 0 Å². The highest BCUT2D eigenvalue weighted by atomic mass is 31.2. The quantitative estimate of drug-likeness (QED) is 0.0339. The second-order valence-electron chi connectivity index (χ2n) is 12.4. The molecule has 272 valence electrons. The van der Waals surface area contributed by atoms with Gasteiger partial charge < -0.3 is 25.2 Å². The van der Waals surface area contributed by atoms with Crippen LogP contribution in [-0.4, -0.2) is 59.9 Å². The predicted molar refractivity (Wildman–Crippen MR) is 180 cm³/mol. The fourth-order valence-corrected chi connectivity index (χ4v) is 5.76. The molecule has 0 aromatic rings. The molecule has 0 saturated carbocycles. The minimum absolute atomic E-state index is 0.166. The number of hydrogen-bond donors (Lipinski definition) is 3. The lowest BCUT2D eigenvalue weighted by Gasteiger charge is -2.20. The zero-order valence-electron chi connectivity index (χ0n) is 28.9. The Morgan fingerprint density at radius 1 is 0.587 bits per heavy atom. The Kier molecular flexibility index (Phi) is 29.8. The number of rotatable bonds is 34. The average Bonchev–Trinajstić information content (AvgIpc) is 3.02. The molecule has 0 fully saturated rings. The molecule has 0 spiro atoms. The molecule has 3 atom stereocenters. The van der Waals surface area contributed by atoms with Crippen molar-refractivity contribution in [1.29, 1.82) is 0 Å². The van der Waals surface area contributed by atoms with Crippen LogP contribution in [0.2, 0.25) is 0 Å². The molecular formula is C34H66NO10P. The molecule has 4 N–H and O–H groups in total. The SMILES string of the molecule is CCCCCCCCCCCCCCCCCCCCCCCC(=O)OC(COC(=O)CCC)COP(=O)(O)OCC(N)C(=O)O. The third kappa shape index (κ3) is 29.9. The summed E-state index contributed by atoms with van der Waals surface area (Å²) in [5.74, 6) is -2.43. The Bertz CT molecular complexity index is 813. The molecule has 0 radical (unpaired) electrons. The van der Waals surface area contributed by atoms with E-state index in [1.54, 1.807) is 0 Å². The maximum absolute atomic E-state index is 12.4. The predicted octanol–water partition coefficient (Wildman–Crippen LogP) is 8.39. The van der Waals surface area contributed by atoms with Crippen molar-refractivity contribution in [2.24, 2.45) is 5.73 Å². The van der Waals surface area contributed by atoms with Gasteiger partial charge in [-0.25, -0.2) is 4.57 Å². The smallest absolute Gasteiger partial charge is 0.472 e. The van der Waals surface area contributed by atoms with Crippen molar-refractivity contribution < 1.29 is 47.5 Å². The third-order valence-corrected chi connectivity index (χ3v) is 8.78. The van der Waals surface area contributed by atoms with Crippen molar-refractivity contribution in [3.63, 3.8) is 0 Å². The second kappa shape index (κ2) is 30.8. The Morgan fingerprint density at radius 3 is 1.41 bits per heavy atom. The van der Waals surface area contributed by atoms with E-state index in [0.717, 1.165) is 19.3 Å². The highest BCUT2D eigenvalue weighted by Crippen LogP contribution is 2.43. The molecule has 0 amide bonds. The fourth-order valence-electron chi connectivity index (χ4n) is 4.98. The summed E-state index contributed by atoms with van der Waals surface area (Å²) in [4.78, 5) is 44.7. The lowest BCUT2D eigenvalue weighted by Crippen LogP contribution is -2.34. The highest BCUT2D eigenvalue weighted by Gasteiger charge is 2.28. The third-order valence-electron chi connectivity index (χ3n) is 7.82. The van der Waals surface area contributed by atoms with Gasteiger partial charge in [0.1, 0.15) is 12.6 Å². The van der Waals surface area contributed by atoms with Crippen molar-refractivity contribution in [3.8, 4) is 0 Å². The van der Waals surface area contributed by atoms with Gasteiger partial charge in [-0.05, 0) is 12.8 Å². The van der Waals surface area contributed by atoms with Crippen LogP contribution in [0.15, 0.2) is 0 Å². The summed E-state index contributed by atoms with van der Waals surface area (Å²) in [6, 6.07) is -1.51. The minimum Gasteiger partial charge on any atom is -0.480 e. The number of phosphoric acid groups is 1. The normalized spacial score (nSPS) is 14.0. The van der Waals surface area contributed by atoms with E-state index < -0.39 is 51.1 Å². The first-order valence-electron chi connectivity index (χ1n) is 18.1. The van der Waals surface area contributed by atoms with Crippen molar-refractivity contribution in [1.82, 2.24) is 0 Å². The topological polar surface area (TPSA) is 172 Å². The van der Waals surface area contributed by atoms with Crippen molar-refractivity contribution in [2.75, 3.05) is 19.8 Å². The summed E-state index contributed by atoms with van der Waals surface area (Å²) in [7, 11) is -4.68. The number of esters is 2. The van der Waals surface area contributed by atoms with Crippen LogP contribution < -0.4 is 5.73 Å². The van der Waals surface area contributed by atoms with E-state index in [-0.39, 0.29) is 19.4 Å². The molecule has 3 unspecified atom stereocenters. The maximum atomic E-state index is 12.4. The molecule has 0 aliphatic carbocycles. The Morgan fingerprint density at radius 2 is 1.00 bits per heavy atom. The van der Waals surface area contributed by atoms with E-state index in [4.69, 9.17) is 24.8 Å². The van der Waals surface area contributed by atoms with Gasteiger partial charge in [0.2, 0.25) is 0 Å².